The number of hydrogen-bond donors (Lipinski definition) is 1. The van der Waals surface area contributed by atoms with Gasteiger partial charge in [0.15, 0.2) is 9.84 Å². The molecule has 15 heavy (non-hydrogen) atoms. The van der Waals surface area contributed by atoms with Crippen LogP contribution in [0, 0.1) is 0 Å². The molecular weight excluding hydrogens is 282 g/mol. The zero-order valence-electron chi connectivity index (χ0n) is 9.50. The van der Waals surface area contributed by atoms with Crippen LogP contribution in [0.2, 0.25) is 0 Å². The lowest BCUT2D eigenvalue weighted by molar-refractivity contribution is -0.122. The van der Waals surface area contributed by atoms with Crippen LogP contribution >= 0.6 is 15.9 Å². The first-order valence-corrected chi connectivity index (χ1v) is 7.74. The number of carbonyl (C=O) groups excluding carboxylic acids is 1. The Labute approximate surface area is 99.9 Å². The first-order chi connectivity index (χ1) is 6.60. The molecule has 0 aliphatic heterocycles. The topological polar surface area (TPSA) is 63.2 Å². The van der Waals surface area contributed by atoms with Crippen molar-refractivity contribution in [1.29, 1.82) is 0 Å². The van der Waals surface area contributed by atoms with Crippen LogP contribution < -0.4 is 5.32 Å². The minimum Gasteiger partial charge on any atom is -0.350 e. The molecule has 6 heteroatoms. The first kappa shape index (κ1) is 14.9. The van der Waals surface area contributed by atoms with E-state index in [0.29, 0.717) is 0 Å². The highest BCUT2D eigenvalue weighted by molar-refractivity contribution is 9.09. The van der Waals surface area contributed by atoms with Crippen molar-refractivity contribution in [2.24, 2.45) is 0 Å². The number of carbonyl (C=O) groups is 1. The Balaban J connectivity index is 4.51. The highest BCUT2D eigenvalue weighted by Gasteiger charge is 2.28. The molecule has 0 aliphatic carbocycles. The van der Waals surface area contributed by atoms with Gasteiger partial charge in [-0.1, -0.05) is 15.9 Å². The molecule has 0 spiro atoms. The van der Waals surface area contributed by atoms with Gasteiger partial charge >= 0.3 is 0 Å². The number of hydrogen-bond acceptors (Lipinski definition) is 3. The Morgan fingerprint density at radius 1 is 1.47 bits per heavy atom. The van der Waals surface area contributed by atoms with Crippen LogP contribution in [0.1, 0.15) is 27.2 Å². The second-order valence-electron chi connectivity index (χ2n) is 4.28. The smallest absolute Gasteiger partial charge is 0.238 e. The van der Waals surface area contributed by atoms with Crippen molar-refractivity contribution in [3.05, 3.63) is 0 Å². The largest absolute Gasteiger partial charge is 0.350 e. The highest BCUT2D eigenvalue weighted by Crippen LogP contribution is 2.11. The molecule has 0 saturated heterocycles. The quantitative estimate of drug-likeness (QED) is 0.773. The zero-order valence-corrected chi connectivity index (χ0v) is 11.9. The molecule has 0 radical (unpaired) electrons. The van der Waals surface area contributed by atoms with Gasteiger partial charge in [-0.25, -0.2) is 8.42 Å². The minimum atomic E-state index is -3.31. The summed E-state index contributed by atoms with van der Waals surface area (Å²) in [4.78, 5) is 11.6. The van der Waals surface area contributed by atoms with E-state index in [2.05, 4.69) is 21.2 Å². The summed E-state index contributed by atoms with van der Waals surface area (Å²) in [5, 5.41) is 2.48. The first-order valence-electron chi connectivity index (χ1n) is 4.67. The van der Waals surface area contributed by atoms with Crippen LogP contribution in [0.5, 0.6) is 0 Å². The van der Waals surface area contributed by atoms with Gasteiger partial charge in [-0.3, -0.25) is 4.79 Å². The molecule has 0 saturated carbocycles. The van der Waals surface area contributed by atoms with Gasteiger partial charge in [0.2, 0.25) is 5.91 Å². The van der Waals surface area contributed by atoms with E-state index < -0.39 is 21.0 Å². The average molecular weight is 300 g/mol. The summed E-state index contributed by atoms with van der Waals surface area (Å²) in [5.41, 5.74) is -0.389. The van der Waals surface area contributed by atoms with Crippen LogP contribution in [-0.4, -0.2) is 36.7 Å². The van der Waals surface area contributed by atoms with Gasteiger partial charge in [0.25, 0.3) is 0 Å². The molecular formula is C9H18BrNO3S. The molecule has 0 bridgehead atoms. The molecule has 0 fully saturated rings. The SMILES string of the molecule is CC(C(=O)NC(C)(C)CCBr)S(C)(=O)=O. The number of sulfone groups is 1. The van der Waals surface area contributed by atoms with E-state index in [4.69, 9.17) is 0 Å². The predicted molar refractivity (Wildman–Crippen MR) is 64.9 cm³/mol. The van der Waals surface area contributed by atoms with Crippen LogP contribution in [0.3, 0.4) is 0 Å². The molecule has 1 amide bonds. The number of nitrogens with one attached hydrogen (secondary N) is 1. The molecule has 1 atom stereocenters. The number of halogens is 1. The predicted octanol–water partition coefficient (Wildman–Crippen LogP) is 1.10. The Morgan fingerprint density at radius 3 is 2.27 bits per heavy atom. The summed E-state index contributed by atoms with van der Waals surface area (Å²) in [6, 6.07) is 0. The van der Waals surface area contributed by atoms with Gasteiger partial charge in [-0.15, -0.1) is 0 Å². The Hall–Kier alpha value is -0.100. The number of amides is 1. The van der Waals surface area contributed by atoms with Gasteiger partial charge in [-0.05, 0) is 27.2 Å². The van der Waals surface area contributed by atoms with Crippen LogP contribution in [0.15, 0.2) is 0 Å². The van der Waals surface area contributed by atoms with Gasteiger partial charge in [-0.2, -0.15) is 0 Å². The summed E-state index contributed by atoms with van der Waals surface area (Å²) in [7, 11) is -3.31. The third-order valence-electron chi connectivity index (χ3n) is 2.19. The number of rotatable bonds is 5. The second-order valence-corrected chi connectivity index (χ2v) is 7.44. The molecule has 1 unspecified atom stereocenters. The zero-order chi connectivity index (χ0) is 12.3. The van der Waals surface area contributed by atoms with E-state index in [1.54, 1.807) is 0 Å². The lowest BCUT2D eigenvalue weighted by atomic mass is 10.0. The second kappa shape index (κ2) is 5.30. The van der Waals surface area contributed by atoms with Gasteiger partial charge < -0.3 is 5.32 Å². The fourth-order valence-corrected chi connectivity index (χ4v) is 2.37. The summed E-state index contributed by atoms with van der Waals surface area (Å²) in [6.07, 6.45) is 1.81. The lowest BCUT2D eigenvalue weighted by Crippen LogP contribution is -2.49. The van der Waals surface area contributed by atoms with E-state index in [0.717, 1.165) is 18.0 Å². The van der Waals surface area contributed by atoms with E-state index in [9.17, 15) is 13.2 Å². The fraction of sp³-hybridized carbons (Fsp3) is 0.889. The molecule has 4 nitrogen and oxygen atoms in total. The molecule has 0 aliphatic rings. The van der Waals surface area contributed by atoms with Gasteiger partial charge in [0.1, 0.15) is 5.25 Å². The third-order valence-corrected chi connectivity index (χ3v) is 4.09. The highest BCUT2D eigenvalue weighted by atomic mass is 79.9. The van der Waals surface area contributed by atoms with Gasteiger partial charge in [0.05, 0.1) is 0 Å². The fourth-order valence-electron chi connectivity index (χ4n) is 0.928. The van der Waals surface area contributed by atoms with Crippen molar-refractivity contribution >= 4 is 31.7 Å². The van der Waals surface area contributed by atoms with E-state index in [1.807, 2.05) is 13.8 Å². The summed E-state index contributed by atoms with van der Waals surface area (Å²) in [6.45, 7) is 5.12. The van der Waals surface area contributed by atoms with Crippen molar-refractivity contribution in [2.45, 2.75) is 38.0 Å². The summed E-state index contributed by atoms with van der Waals surface area (Å²) < 4.78 is 22.3. The average Bonchev–Trinajstić information content (AvgIpc) is 1.99. The van der Waals surface area contributed by atoms with Crippen molar-refractivity contribution in [1.82, 2.24) is 5.32 Å². The minimum absolute atomic E-state index is 0.389. The Kier molecular flexibility index (Phi) is 5.26. The summed E-state index contributed by atoms with van der Waals surface area (Å²) in [5.74, 6) is -0.441. The molecule has 0 aromatic rings. The van der Waals surface area contributed by atoms with Crippen LogP contribution in [0.25, 0.3) is 0 Å². The van der Waals surface area contributed by atoms with E-state index in [-0.39, 0.29) is 5.54 Å². The van der Waals surface area contributed by atoms with Crippen molar-refractivity contribution in [3.8, 4) is 0 Å². The monoisotopic (exact) mass is 299 g/mol. The van der Waals surface area contributed by atoms with E-state index >= 15 is 0 Å². The Bertz CT molecular complexity index is 324. The summed E-state index contributed by atoms with van der Waals surface area (Å²) >= 11 is 3.28. The Morgan fingerprint density at radius 2 is 1.93 bits per heavy atom. The normalized spacial score (nSPS) is 14.7. The molecule has 1 N–H and O–H groups in total. The standard InChI is InChI=1S/C9H18BrNO3S/c1-7(15(4,13)14)8(12)11-9(2,3)5-6-10/h7H,5-6H2,1-4H3,(H,11,12). The molecule has 0 rings (SSSR count). The maximum atomic E-state index is 11.6. The maximum absolute atomic E-state index is 11.6. The lowest BCUT2D eigenvalue weighted by Gasteiger charge is -2.26. The third kappa shape index (κ3) is 5.51. The van der Waals surface area contributed by atoms with Crippen molar-refractivity contribution in [2.75, 3.05) is 11.6 Å². The maximum Gasteiger partial charge on any atom is 0.238 e. The van der Waals surface area contributed by atoms with Crippen LogP contribution in [-0.2, 0) is 14.6 Å². The molecule has 0 aromatic heterocycles. The van der Waals surface area contributed by atoms with Crippen LogP contribution in [0.4, 0.5) is 0 Å². The number of alkyl halides is 1. The van der Waals surface area contributed by atoms with Crippen molar-refractivity contribution in [3.63, 3.8) is 0 Å². The molecule has 0 heterocycles. The molecule has 90 valence electrons. The molecule has 0 aromatic carbocycles. The van der Waals surface area contributed by atoms with Crippen molar-refractivity contribution < 1.29 is 13.2 Å². The van der Waals surface area contributed by atoms with E-state index in [1.165, 1.54) is 6.92 Å². The van der Waals surface area contributed by atoms with Gasteiger partial charge in [0, 0.05) is 17.1 Å².